The molecule has 3 rings (SSSR count). The Morgan fingerprint density at radius 1 is 1.04 bits per heavy atom. The average Bonchev–Trinajstić information content (AvgIpc) is 2.62. The minimum atomic E-state index is -3.84. The Balaban J connectivity index is 0.00000261. The molecule has 0 saturated heterocycles. The van der Waals surface area contributed by atoms with E-state index in [0.29, 0.717) is 5.56 Å². The Morgan fingerprint density at radius 3 is 2.37 bits per heavy atom. The fraction of sp³-hybridized carbons (Fsp3) is 0.100. The second-order valence-electron chi connectivity index (χ2n) is 5.89. The van der Waals surface area contributed by atoms with Crippen LogP contribution in [-0.2, 0) is 10.0 Å². The number of benzene rings is 2. The third-order valence-corrected chi connectivity index (χ3v) is 5.31. The zero-order valence-electron chi connectivity index (χ0n) is 14.6. The minimum absolute atomic E-state index is 0. The molecule has 1 aromatic heterocycles. The first kappa shape index (κ1) is 21.8. The number of hydrogen-bond acceptors (Lipinski definition) is 4. The van der Waals surface area contributed by atoms with Gasteiger partial charge in [0.25, 0.3) is 0 Å². The fourth-order valence-electron chi connectivity index (χ4n) is 2.50. The van der Waals surface area contributed by atoms with Gasteiger partial charge in [0, 0.05) is 52.5 Å². The predicted molar refractivity (Wildman–Crippen MR) is 99.7 cm³/mol. The van der Waals surface area contributed by atoms with E-state index in [4.69, 9.17) is 0 Å². The maximum Gasteiger partial charge on any atom is 0.247 e. The van der Waals surface area contributed by atoms with E-state index in [1.807, 2.05) is 26.0 Å². The second-order valence-corrected chi connectivity index (χ2v) is 7.58. The van der Waals surface area contributed by atoms with Crippen LogP contribution in [0.1, 0.15) is 27.2 Å². The van der Waals surface area contributed by atoms with Crippen LogP contribution < -0.4 is 4.72 Å². The molecule has 3 aromatic rings. The average molecular weight is 538 g/mol. The monoisotopic (exact) mass is 539 g/mol. The van der Waals surface area contributed by atoms with Crippen LogP contribution in [0, 0.1) is 66.8 Å². The number of carbonyl (C=O) groups is 1. The van der Waals surface area contributed by atoms with Crippen molar-refractivity contribution in [2.75, 3.05) is 4.72 Å². The molecular formula is C20H17N2O3SYb-. The SMILES string of the molecule is Cc1ccc(S(=O)(=O)Nc2c[c-]cnc2C(=O)c2ccccc2C)cc1.[Yb]. The van der Waals surface area contributed by atoms with Gasteiger partial charge in [-0.2, -0.15) is 0 Å². The summed E-state index contributed by atoms with van der Waals surface area (Å²) in [4.78, 5) is 17.0. The Kier molecular flexibility index (Phi) is 7.39. The Bertz CT molecular complexity index is 1060. The molecule has 7 heteroatoms. The van der Waals surface area contributed by atoms with E-state index in [1.54, 1.807) is 24.3 Å². The molecule has 2 aromatic carbocycles. The number of sulfonamides is 1. The molecule has 27 heavy (non-hydrogen) atoms. The molecule has 0 aliphatic rings. The first-order valence-corrected chi connectivity index (χ1v) is 9.43. The third kappa shape index (κ3) is 5.08. The van der Waals surface area contributed by atoms with Gasteiger partial charge in [0.15, 0.2) is 5.78 Å². The van der Waals surface area contributed by atoms with Crippen molar-refractivity contribution < 1.29 is 60.1 Å². The molecule has 0 spiro atoms. The molecule has 1 N–H and O–H groups in total. The summed E-state index contributed by atoms with van der Waals surface area (Å²) in [6.45, 7) is 3.69. The van der Waals surface area contributed by atoms with Crippen molar-refractivity contribution in [3.63, 3.8) is 0 Å². The number of pyridine rings is 1. The number of hydrogen-bond donors (Lipinski definition) is 1. The van der Waals surface area contributed by atoms with Crippen molar-refractivity contribution in [2.45, 2.75) is 18.7 Å². The van der Waals surface area contributed by atoms with Crippen molar-refractivity contribution in [3.8, 4) is 0 Å². The molecule has 0 radical (unpaired) electrons. The van der Waals surface area contributed by atoms with E-state index < -0.39 is 10.0 Å². The first-order chi connectivity index (χ1) is 12.4. The number of nitrogens with zero attached hydrogens (tertiary/aromatic N) is 1. The molecule has 0 aliphatic heterocycles. The Morgan fingerprint density at radius 2 is 1.70 bits per heavy atom. The summed E-state index contributed by atoms with van der Waals surface area (Å²) in [6.07, 6.45) is 1.34. The summed E-state index contributed by atoms with van der Waals surface area (Å²) in [5.74, 6) is -0.348. The number of rotatable bonds is 5. The largest absolute Gasteiger partial charge is 0.356 e. The van der Waals surface area contributed by atoms with Crippen LogP contribution in [0.2, 0.25) is 0 Å². The van der Waals surface area contributed by atoms with Crippen LogP contribution in [0.3, 0.4) is 0 Å². The standard InChI is InChI=1S/C20H17N2O3S.Yb/c1-14-9-11-16(12-10-14)26(24,25)22-18-8-5-13-21-19(18)20(23)17-7-4-3-6-15(17)2;/h3-4,6-13,22H,1-2H3;/q-1;. The van der Waals surface area contributed by atoms with Gasteiger partial charge in [0.1, 0.15) is 0 Å². The van der Waals surface area contributed by atoms with Gasteiger partial charge in [-0.1, -0.05) is 53.8 Å². The van der Waals surface area contributed by atoms with Gasteiger partial charge in [-0.05, 0) is 31.5 Å². The Labute approximate surface area is 197 Å². The van der Waals surface area contributed by atoms with Crippen LogP contribution in [0.15, 0.2) is 65.7 Å². The van der Waals surface area contributed by atoms with Crippen molar-refractivity contribution >= 4 is 21.5 Å². The van der Waals surface area contributed by atoms with Crippen molar-refractivity contribution in [1.29, 1.82) is 0 Å². The molecular weight excluding hydrogens is 521 g/mol. The maximum atomic E-state index is 12.8. The predicted octanol–water partition coefficient (Wildman–Crippen LogP) is 3.53. The van der Waals surface area contributed by atoms with Gasteiger partial charge in [0.2, 0.25) is 10.0 Å². The van der Waals surface area contributed by atoms with Gasteiger partial charge < -0.3 is 4.72 Å². The maximum absolute atomic E-state index is 12.8. The number of aromatic nitrogens is 1. The van der Waals surface area contributed by atoms with Crippen molar-refractivity contribution in [3.05, 3.63) is 89.2 Å². The Hall–Kier alpha value is -1.47. The molecule has 1 heterocycles. The summed E-state index contributed by atoms with van der Waals surface area (Å²) < 4.78 is 27.7. The summed E-state index contributed by atoms with van der Waals surface area (Å²) in [5.41, 5.74) is 2.35. The van der Waals surface area contributed by atoms with Crippen LogP contribution in [-0.4, -0.2) is 19.2 Å². The molecule has 0 aliphatic carbocycles. The summed E-state index contributed by atoms with van der Waals surface area (Å²) in [5, 5.41) is 0. The number of aryl methyl sites for hydroxylation is 2. The van der Waals surface area contributed by atoms with E-state index in [0.717, 1.165) is 11.1 Å². The third-order valence-electron chi connectivity index (χ3n) is 3.93. The van der Waals surface area contributed by atoms with Gasteiger partial charge in [-0.3, -0.25) is 9.78 Å². The fourth-order valence-corrected chi connectivity index (χ4v) is 3.55. The molecule has 146 valence electrons. The van der Waals surface area contributed by atoms with E-state index >= 15 is 0 Å². The van der Waals surface area contributed by atoms with Gasteiger partial charge in [0.05, 0.1) is 10.6 Å². The van der Waals surface area contributed by atoms with Crippen LogP contribution in [0.5, 0.6) is 0 Å². The smallest absolute Gasteiger partial charge is 0.247 e. The molecule has 0 saturated carbocycles. The zero-order chi connectivity index (χ0) is 18.7. The van der Waals surface area contributed by atoms with Gasteiger partial charge >= 0.3 is 0 Å². The number of anilines is 1. The quantitative estimate of drug-likeness (QED) is 0.399. The van der Waals surface area contributed by atoms with E-state index in [9.17, 15) is 13.2 Å². The van der Waals surface area contributed by atoms with Gasteiger partial charge in [-0.25, -0.2) is 20.6 Å². The van der Waals surface area contributed by atoms with Crippen LogP contribution in [0.25, 0.3) is 0 Å². The number of nitrogens with one attached hydrogen (secondary N) is 1. The second kappa shape index (κ2) is 9.15. The number of ketones is 1. The molecule has 0 fully saturated rings. The van der Waals surface area contributed by atoms with Crippen LogP contribution >= 0.6 is 0 Å². The first-order valence-electron chi connectivity index (χ1n) is 7.94. The summed E-state index contributed by atoms with van der Waals surface area (Å²) >= 11 is 0. The topological polar surface area (TPSA) is 76.1 Å². The molecule has 0 unspecified atom stereocenters. The summed E-state index contributed by atoms with van der Waals surface area (Å²) in [6, 6.07) is 17.7. The molecule has 0 bridgehead atoms. The van der Waals surface area contributed by atoms with Crippen LogP contribution in [0.4, 0.5) is 5.69 Å². The molecule has 0 amide bonds. The van der Waals surface area contributed by atoms with Crippen molar-refractivity contribution in [2.24, 2.45) is 0 Å². The minimum Gasteiger partial charge on any atom is -0.356 e. The molecule has 5 nitrogen and oxygen atoms in total. The van der Waals surface area contributed by atoms with E-state index in [1.165, 1.54) is 24.4 Å². The van der Waals surface area contributed by atoms with Gasteiger partial charge in [-0.15, -0.1) is 0 Å². The van der Waals surface area contributed by atoms with Crippen molar-refractivity contribution in [1.82, 2.24) is 4.98 Å². The normalized spacial score (nSPS) is 10.7. The zero-order valence-corrected chi connectivity index (χ0v) is 17.2. The van der Waals surface area contributed by atoms with E-state index in [2.05, 4.69) is 15.8 Å². The molecule has 0 atom stereocenters. The summed E-state index contributed by atoms with van der Waals surface area (Å²) in [7, 11) is -3.84. The number of carbonyl (C=O) groups excluding carboxylic acids is 1. The van der Waals surface area contributed by atoms with E-state index in [-0.39, 0.29) is 69.0 Å².